The van der Waals surface area contributed by atoms with Gasteiger partial charge in [0.15, 0.2) is 17.3 Å². The maximum atomic E-state index is 14.5. The molecule has 2 aliphatic rings. The summed E-state index contributed by atoms with van der Waals surface area (Å²) >= 11 is 0. The number of amides is 1. The van der Waals surface area contributed by atoms with Gasteiger partial charge in [-0.2, -0.15) is 4.98 Å². The topological polar surface area (TPSA) is 108 Å². The largest absolute Gasteiger partial charge is 0.394 e. The van der Waals surface area contributed by atoms with Crippen molar-refractivity contribution in [2.24, 2.45) is 5.92 Å². The molecule has 3 heterocycles. The standard InChI is InChI=1S/C26H32F3N7O2/c1-14(2)31-25-30-12-21-23(34-25)36(26(32-21)33-22-19(28)10-16(27)11-20(22)29)17-7-5-15(6-8-17)24(38)35-9-3-4-18(35)13-37/h10-12,14-15,17-18,37H,3-9,13H2,1-2H3,(H,32,33)(H,30,31,34). The number of hydrogen-bond donors (Lipinski definition) is 3. The number of carbonyl (C=O) groups is 1. The summed E-state index contributed by atoms with van der Waals surface area (Å²) in [6, 6.07) is 1.04. The molecular formula is C26H32F3N7O2. The first-order valence-corrected chi connectivity index (χ1v) is 13.1. The minimum Gasteiger partial charge on any atom is -0.394 e. The maximum Gasteiger partial charge on any atom is 0.226 e. The normalized spacial score (nSPS) is 21.9. The molecule has 1 aromatic carbocycles. The van der Waals surface area contributed by atoms with Crippen LogP contribution in [0.5, 0.6) is 0 Å². The van der Waals surface area contributed by atoms with Crippen molar-refractivity contribution in [3.05, 3.63) is 35.8 Å². The van der Waals surface area contributed by atoms with Gasteiger partial charge >= 0.3 is 0 Å². The lowest BCUT2D eigenvalue weighted by Crippen LogP contribution is -2.42. The molecule has 3 aromatic rings. The van der Waals surface area contributed by atoms with Crippen molar-refractivity contribution in [1.82, 2.24) is 24.4 Å². The third-order valence-electron chi connectivity index (χ3n) is 7.38. The Morgan fingerprint density at radius 1 is 1.11 bits per heavy atom. The Labute approximate surface area is 218 Å². The summed E-state index contributed by atoms with van der Waals surface area (Å²) in [5, 5.41) is 15.5. The van der Waals surface area contributed by atoms with Gasteiger partial charge in [-0.05, 0) is 52.4 Å². The summed E-state index contributed by atoms with van der Waals surface area (Å²) in [6.07, 6.45) is 5.75. The molecule has 1 atom stereocenters. The molecule has 12 heteroatoms. The zero-order valence-corrected chi connectivity index (χ0v) is 21.4. The van der Waals surface area contributed by atoms with E-state index in [-0.39, 0.29) is 42.5 Å². The van der Waals surface area contributed by atoms with Crippen LogP contribution in [0.3, 0.4) is 0 Å². The van der Waals surface area contributed by atoms with Crippen molar-refractivity contribution in [3.8, 4) is 0 Å². The van der Waals surface area contributed by atoms with E-state index >= 15 is 0 Å². The average molecular weight is 532 g/mol. The van der Waals surface area contributed by atoms with Crippen molar-refractivity contribution >= 4 is 34.7 Å². The van der Waals surface area contributed by atoms with Gasteiger partial charge < -0.3 is 20.6 Å². The summed E-state index contributed by atoms with van der Waals surface area (Å²) in [6.45, 7) is 4.55. The van der Waals surface area contributed by atoms with Crippen molar-refractivity contribution in [2.75, 3.05) is 23.8 Å². The fraction of sp³-hybridized carbons (Fsp3) is 0.538. The maximum absolute atomic E-state index is 14.5. The number of aliphatic hydroxyl groups is 1. The number of carbonyl (C=O) groups excluding carboxylic acids is 1. The third kappa shape index (κ3) is 5.13. The molecule has 1 unspecified atom stereocenters. The lowest BCUT2D eigenvalue weighted by molar-refractivity contribution is -0.138. The number of hydrogen-bond acceptors (Lipinski definition) is 7. The molecule has 1 aliphatic carbocycles. The molecule has 1 saturated heterocycles. The van der Waals surface area contributed by atoms with E-state index in [4.69, 9.17) is 0 Å². The second kappa shape index (κ2) is 10.8. The molecular weight excluding hydrogens is 499 g/mol. The highest BCUT2D eigenvalue weighted by Crippen LogP contribution is 2.39. The number of anilines is 3. The average Bonchev–Trinajstić information content (AvgIpc) is 3.49. The van der Waals surface area contributed by atoms with Crippen LogP contribution < -0.4 is 10.6 Å². The fourth-order valence-corrected chi connectivity index (χ4v) is 5.56. The molecule has 2 aromatic heterocycles. The molecule has 9 nitrogen and oxygen atoms in total. The monoisotopic (exact) mass is 531 g/mol. The van der Waals surface area contributed by atoms with Crippen LogP contribution in [0.2, 0.25) is 0 Å². The van der Waals surface area contributed by atoms with Gasteiger partial charge in [-0.15, -0.1) is 0 Å². The number of rotatable bonds is 7. The molecule has 1 aliphatic heterocycles. The van der Waals surface area contributed by atoms with Crippen LogP contribution in [0.25, 0.3) is 11.2 Å². The Balaban J connectivity index is 1.45. The lowest BCUT2D eigenvalue weighted by Gasteiger charge is -2.33. The van der Waals surface area contributed by atoms with E-state index < -0.39 is 23.1 Å². The quantitative estimate of drug-likeness (QED) is 0.411. The third-order valence-corrected chi connectivity index (χ3v) is 7.38. The van der Waals surface area contributed by atoms with Gasteiger partial charge in [-0.3, -0.25) is 9.36 Å². The SMILES string of the molecule is CC(C)Nc1ncc2nc(Nc3c(F)cc(F)cc3F)n(C3CCC(C(=O)N4CCCC4CO)CC3)c2n1. The number of aromatic nitrogens is 4. The van der Waals surface area contributed by atoms with Crippen LogP contribution in [0.4, 0.5) is 30.8 Å². The number of imidazole rings is 1. The lowest BCUT2D eigenvalue weighted by atomic mass is 9.85. The first-order valence-electron chi connectivity index (χ1n) is 13.1. The van der Waals surface area contributed by atoms with Crippen molar-refractivity contribution in [3.63, 3.8) is 0 Å². The molecule has 3 N–H and O–H groups in total. The summed E-state index contributed by atoms with van der Waals surface area (Å²) in [5.74, 6) is -2.68. The summed E-state index contributed by atoms with van der Waals surface area (Å²) < 4.78 is 44.3. The zero-order chi connectivity index (χ0) is 27.0. The molecule has 2 fully saturated rings. The molecule has 1 amide bonds. The van der Waals surface area contributed by atoms with Crippen LogP contribution in [-0.4, -0.2) is 60.7 Å². The van der Waals surface area contributed by atoms with Gasteiger partial charge in [-0.25, -0.2) is 23.1 Å². The van der Waals surface area contributed by atoms with Crippen molar-refractivity contribution in [1.29, 1.82) is 0 Å². The number of halogens is 3. The van der Waals surface area contributed by atoms with Crippen LogP contribution in [-0.2, 0) is 4.79 Å². The highest BCUT2D eigenvalue weighted by Gasteiger charge is 2.36. The molecule has 204 valence electrons. The van der Waals surface area contributed by atoms with E-state index in [0.717, 1.165) is 12.8 Å². The van der Waals surface area contributed by atoms with E-state index in [1.165, 1.54) is 0 Å². The first-order chi connectivity index (χ1) is 18.2. The Morgan fingerprint density at radius 2 is 1.82 bits per heavy atom. The smallest absolute Gasteiger partial charge is 0.226 e. The Bertz CT molecular complexity index is 1300. The molecule has 0 bridgehead atoms. The second-order valence-corrected chi connectivity index (χ2v) is 10.4. The zero-order valence-electron chi connectivity index (χ0n) is 21.4. The number of fused-ring (bicyclic) bond motifs is 1. The molecule has 0 spiro atoms. The number of aliphatic hydroxyl groups excluding tert-OH is 1. The summed E-state index contributed by atoms with van der Waals surface area (Å²) in [5.41, 5.74) is 0.415. The Hall–Kier alpha value is -3.41. The Morgan fingerprint density at radius 3 is 2.47 bits per heavy atom. The highest BCUT2D eigenvalue weighted by molar-refractivity contribution is 5.80. The first kappa shape index (κ1) is 26.2. The predicted octanol–water partition coefficient (Wildman–Crippen LogP) is 4.52. The second-order valence-electron chi connectivity index (χ2n) is 10.4. The molecule has 5 rings (SSSR count). The van der Waals surface area contributed by atoms with Gasteiger partial charge in [0, 0.05) is 36.7 Å². The van der Waals surface area contributed by atoms with E-state index in [1.54, 1.807) is 10.8 Å². The van der Waals surface area contributed by atoms with Crippen LogP contribution >= 0.6 is 0 Å². The highest BCUT2D eigenvalue weighted by atomic mass is 19.1. The van der Waals surface area contributed by atoms with E-state index in [9.17, 15) is 23.1 Å². The van der Waals surface area contributed by atoms with Crippen LogP contribution in [0.1, 0.15) is 58.4 Å². The van der Waals surface area contributed by atoms with Gasteiger partial charge in [0.1, 0.15) is 17.0 Å². The number of nitrogens with zero attached hydrogens (tertiary/aromatic N) is 5. The van der Waals surface area contributed by atoms with E-state index in [2.05, 4.69) is 25.6 Å². The predicted molar refractivity (Wildman–Crippen MR) is 136 cm³/mol. The number of nitrogens with one attached hydrogen (secondary N) is 2. The van der Waals surface area contributed by atoms with Crippen molar-refractivity contribution < 1.29 is 23.1 Å². The molecule has 1 saturated carbocycles. The van der Waals surface area contributed by atoms with Crippen LogP contribution in [0, 0.1) is 23.4 Å². The van der Waals surface area contributed by atoms with E-state index in [0.29, 0.717) is 61.5 Å². The van der Waals surface area contributed by atoms with Crippen LogP contribution in [0.15, 0.2) is 18.3 Å². The van der Waals surface area contributed by atoms with Crippen molar-refractivity contribution in [2.45, 2.75) is 70.5 Å². The van der Waals surface area contributed by atoms with Gasteiger partial charge in [0.05, 0.1) is 18.8 Å². The van der Waals surface area contributed by atoms with Gasteiger partial charge in [-0.1, -0.05) is 0 Å². The summed E-state index contributed by atoms with van der Waals surface area (Å²) in [4.78, 5) is 28.4. The molecule has 0 radical (unpaired) electrons. The minimum absolute atomic E-state index is 0.0277. The number of likely N-dealkylation sites (tertiary alicyclic amines) is 1. The fourth-order valence-electron chi connectivity index (χ4n) is 5.56. The van der Waals surface area contributed by atoms with Gasteiger partial charge in [0.25, 0.3) is 0 Å². The Kier molecular flexibility index (Phi) is 7.42. The summed E-state index contributed by atoms with van der Waals surface area (Å²) in [7, 11) is 0. The minimum atomic E-state index is -1.08. The van der Waals surface area contributed by atoms with E-state index in [1.807, 2.05) is 18.7 Å². The number of benzene rings is 1. The molecule has 38 heavy (non-hydrogen) atoms. The van der Waals surface area contributed by atoms with Gasteiger partial charge in [0.2, 0.25) is 17.8 Å².